The Hall–Kier alpha value is -0.830. The first kappa shape index (κ1) is 13.2. The van der Waals surface area contributed by atoms with Crippen LogP contribution in [-0.2, 0) is 13.5 Å². The van der Waals surface area contributed by atoms with E-state index in [2.05, 4.69) is 31.9 Å². The molecule has 0 aromatic carbocycles. The molecule has 0 radical (unpaired) electrons. The average molecular weight is 223 g/mol. The Balaban J connectivity index is 2.20. The minimum Gasteiger partial charge on any atom is -0.327 e. The second-order valence-electron chi connectivity index (χ2n) is 5.66. The Labute approximate surface area is 99.0 Å². The van der Waals surface area contributed by atoms with Crippen molar-refractivity contribution in [3.8, 4) is 0 Å². The van der Waals surface area contributed by atoms with Gasteiger partial charge in [0.1, 0.15) is 0 Å². The van der Waals surface area contributed by atoms with Crippen LogP contribution < -0.4 is 5.73 Å². The van der Waals surface area contributed by atoms with Crippen molar-refractivity contribution >= 4 is 0 Å². The number of nitrogens with two attached hydrogens (primary N) is 1. The van der Waals surface area contributed by atoms with Gasteiger partial charge in [-0.1, -0.05) is 27.2 Å². The fraction of sp³-hybridized carbons (Fsp3) is 0.769. The largest absolute Gasteiger partial charge is 0.327 e. The lowest BCUT2D eigenvalue weighted by Gasteiger charge is -2.26. The van der Waals surface area contributed by atoms with Crippen LogP contribution in [0.2, 0.25) is 0 Å². The van der Waals surface area contributed by atoms with Crippen molar-refractivity contribution in [1.82, 2.24) is 9.78 Å². The summed E-state index contributed by atoms with van der Waals surface area (Å²) in [5.74, 6) is 0. The van der Waals surface area contributed by atoms with Crippen LogP contribution in [0.4, 0.5) is 0 Å². The standard InChI is InChI=1S/C13H25N3/c1-13(2,3)12(14)8-6-5-7-11-9-10-15-16(11)4/h9-10,12H,5-8,14H2,1-4H3. The van der Waals surface area contributed by atoms with E-state index in [1.54, 1.807) is 0 Å². The molecule has 1 heterocycles. The van der Waals surface area contributed by atoms with E-state index in [0.717, 1.165) is 12.8 Å². The smallest absolute Gasteiger partial charge is 0.0492 e. The van der Waals surface area contributed by atoms with Gasteiger partial charge >= 0.3 is 0 Å². The second-order valence-corrected chi connectivity index (χ2v) is 5.66. The zero-order chi connectivity index (χ0) is 12.2. The predicted molar refractivity (Wildman–Crippen MR) is 68.2 cm³/mol. The normalized spacial score (nSPS) is 14.1. The Morgan fingerprint density at radius 2 is 2.06 bits per heavy atom. The summed E-state index contributed by atoms with van der Waals surface area (Å²) in [6.45, 7) is 6.62. The molecule has 2 N–H and O–H groups in total. The Kier molecular flexibility index (Phi) is 4.54. The summed E-state index contributed by atoms with van der Waals surface area (Å²) in [6.07, 6.45) is 6.47. The van der Waals surface area contributed by atoms with Gasteiger partial charge in [0, 0.05) is 25.0 Å². The van der Waals surface area contributed by atoms with E-state index < -0.39 is 0 Å². The van der Waals surface area contributed by atoms with Gasteiger partial charge in [0.05, 0.1) is 0 Å². The molecular formula is C13H25N3. The highest BCUT2D eigenvalue weighted by Gasteiger charge is 2.19. The average Bonchev–Trinajstić information content (AvgIpc) is 2.57. The highest BCUT2D eigenvalue weighted by Crippen LogP contribution is 2.21. The number of unbranched alkanes of at least 4 members (excludes halogenated alkanes) is 1. The topological polar surface area (TPSA) is 43.8 Å². The molecule has 0 aliphatic rings. The summed E-state index contributed by atoms with van der Waals surface area (Å²) < 4.78 is 1.95. The predicted octanol–water partition coefficient (Wildman–Crippen LogP) is 2.51. The molecular weight excluding hydrogens is 198 g/mol. The van der Waals surface area contributed by atoms with E-state index in [1.807, 2.05) is 17.9 Å². The van der Waals surface area contributed by atoms with Crippen molar-refractivity contribution in [2.75, 3.05) is 0 Å². The molecule has 3 nitrogen and oxygen atoms in total. The molecule has 0 fully saturated rings. The quantitative estimate of drug-likeness (QED) is 0.779. The fourth-order valence-corrected chi connectivity index (χ4v) is 1.75. The molecule has 0 saturated heterocycles. The zero-order valence-corrected chi connectivity index (χ0v) is 11.0. The number of hydrogen-bond acceptors (Lipinski definition) is 2. The Bertz CT molecular complexity index is 309. The van der Waals surface area contributed by atoms with Gasteiger partial charge in [-0.2, -0.15) is 5.10 Å². The molecule has 0 aliphatic heterocycles. The number of aromatic nitrogens is 2. The van der Waals surface area contributed by atoms with Crippen LogP contribution >= 0.6 is 0 Å². The lowest BCUT2D eigenvalue weighted by atomic mass is 9.84. The van der Waals surface area contributed by atoms with E-state index >= 15 is 0 Å². The molecule has 0 bridgehead atoms. The zero-order valence-electron chi connectivity index (χ0n) is 11.0. The van der Waals surface area contributed by atoms with E-state index in [0.29, 0.717) is 6.04 Å². The molecule has 0 amide bonds. The summed E-state index contributed by atoms with van der Waals surface area (Å²) in [5, 5.41) is 4.16. The third-order valence-corrected chi connectivity index (χ3v) is 3.23. The molecule has 1 atom stereocenters. The Morgan fingerprint density at radius 3 is 2.56 bits per heavy atom. The number of hydrogen-bond donors (Lipinski definition) is 1. The maximum Gasteiger partial charge on any atom is 0.0492 e. The maximum absolute atomic E-state index is 6.12. The summed E-state index contributed by atoms with van der Waals surface area (Å²) >= 11 is 0. The molecule has 1 aromatic heterocycles. The van der Waals surface area contributed by atoms with E-state index in [-0.39, 0.29) is 5.41 Å². The van der Waals surface area contributed by atoms with Crippen LogP contribution in [0.1, 0.15) is 45.7 Å². The third kappa shape index (κ3) is 3.97. The second kappa shape index (κ2) is 5.48. The van der Waals surface area contributed by atoms with Crippen molar-refractivity contribution in [2.24, 2.45) is 18.2 Å². The third-order valence-electron chi connectivity index (χ3n) is 3.23. The Morgan fingerprint density at radius 1 is 1.38 bits per heavy atom. The number of aryl methyl sites for hydroxylation is 2. The van der Waals surface area contributed by atoms with Gasteiger partial charge in [0.15, 0.2) is 0 Å². The van der Waals surface area contributed by atoms with Gasteiger partial charge in [-0.15, -0.1) is 0 Å². The highest BCUT2D eigenvalue weighted by atomic mass is 15.2. The van der Waals surface area contributed by atoms with Crippen molar-refractivity contribution in [2.45, 2.75) is 52.5 Å². The molecule has 1 rings (SSSR count). The van der Waals surface area contributed by atoms with Gasteiger partial charge in [-0.3, -0.25) is 4.68 Å². The molecule has 16 heavy (non-hydrogen) atoms. The lowest BCUT2D eigenvalue weighted by molar-refractivity contribution is 0.299. The molecule has 0 saturated carbocycles. The van der Waals surface area contributed by atoms with Gasteiger partial charge in [-0.05, 0) is 30.7 Å². The van der Waals surface area contributed by atoms with Gasteiger partial charge < -0.3 is 5.73 Å². The number of rotatable bonds is 5. The number of nitrogens with zero attached hydrogens (tertiary/aromatic N) is 2. The SMILES string of the molecule is Cn1nccc1CCCCC(N)C(C)(C)C. The molecule has 0 spiro atoms. The minimum absolute atomic E-state index is 0.229. The van der Waals surface area contributed by atoms with Crippen LogP contribution in [0.15, 0.2) is 12.3 Å². The van der Waals surface area contributed by atoms with E-state index in [9.17, 15) is 0 Å². The van der Waals surface area contributed by atoms with Gasteiger partial charge in [0.2, 0.25) is 0 Å². The summed E-state index contributed by atoms with van der Waals surface area (Å²) in [7, 11) is 2.00. The van der Waals surface area contributed by atoms with Gasteiger partial charge in [0.25, 0.3) is 0 Å². The minimum atomic E-state index is 0.229. The first-order valence-corrected chi connectivity index (χ1v) is 6.13. The first-order chi connectivity index (χ1) is 7.41. The van der Waals surface area contributed by atoms with Crippen molar-refractivity contribution in [3.05, 3.63) is 18.0 Å². The highest BCUT2D eigenvalue weighted by molar-refractivity contribution is 4.99. The van der Waals surface area contributed by atoms with Crippen LogP contribution in [0.5, 0.6) is 0 Å². The van der Waals surface area contributed by atoms with Gasteiger partial charge in [-0.25, -0.2) is 0 Å². The summed E-state index contributed by atoms with van der Waals surface area (Å²) in [4.78, 5) is 0. The summed E-state index contributed by atoms with van der Waals surface area (Å²) in [5.41, 5.74) is 7.66. The van der Waals surface area contributed by atoms with Crippen molar-refractivity contribution in [3.63, 3.8) is 0 Å². The maximum atomic E-state index is 6.12. The molecule has 1 aromatic rings. The van der Waals surface area contributed by atoms with E-state index in [4.69, 9.17) is 5.73 Å². The van der Waals surface area contributed by atoms with E-state index in [1.165, 1.54) is 18.5 Å². The summed E-state index contributed by atoms with van der Waals surface area (Å²) in [6, 6.07) is 2.39. The molecule has 1 unspecified atom stereocenters. The van der Waals surface area contributed by atoms with Crippen LogP contribution in [0.3, 0.4) is 0 Å². The monoisotopic (exact) mass is 223 g/mol. The lowest BCUT2D eigenvalue weighted by Crippen LogP contribution is -2.34. The fourth-order valence-electron chi connectivity index (χ4n) is 1.75. The first-order valence-electron chi connectivity index (χ1n) is 6.13. The van der Waals surface area contributed by atoms with Crippen LogP contribution in [-0.4, -0.2) is 15.8 Å². The van der Waals surface area contributed by atoms with Crippen LogP contribution in [0, 0.1) is 5.41 Å². The van der Waals surface area contributed by atoms with Crippen molar-refractivity contribution in [1.29, 1.82) is 0 Å². The molecule has 0 aliphatic carbocycles. The van der Waals surface area contributed by atoms with Crippen LogP contribution in [0.25, 0.3) is 0 Å². The molecule has 3 heteroatoms. The molecule has 92 valence electrons. The van der Waals surface area contributed by atoms with Crippen molar-refractivity contribution < 1.29 is 0 Å².